The van der Waals surface area contributed by atoms with Crippen LogP contribution in [0.15, 0.2) is 23.2 Å². The van der Waals surface area contributed by atoms with E-state index in [-0.39, 0.29) is 16.4 Å². The second-order valence-electron chi connectivity index (χ2n) is 2.99. The van der Waals surface area contributed by atoms with E-state index in [9.17, 15) is 4.79 Å². The molecule has 0 aliphatic rings. The molecule has 0 atom stereocenters. The van der Waals surface area contributed by atoms with Gasteiger partial charge in [-0.25, -0.2) is 9.79 Å². The number of hydrogen-bond donors (Lipinski definition) is 3. The van der Waals surface area contributed by atoms with Crippen molar-refractivity contribution in [2.75, 3.05) is 5.32 Å². The van der Waals surface area contributed by atoms with Crippen LogP contribution in [0.25, 0.3) is 0 Å². The van der Waals surface area contributed by atoms with Crippen LogP contribution in [-0.4, -0.2) is 23.2 Å². The Balaban J connectivity index is 2.81. The zero-order chi connectivity index (χ0) is 12.1. The van der Waals surface area contributed by atoms with Crippen molar-refractivity contribution in [3.8, 4) is 0 Å². The molecular formula is C10H10ClN3O2. The van der Waals surface area contributed by atoms with Crippen molar-refractivity contribution in [1.82, 2.24) is 0 Å². The van der Waals surface area contributed by atoms with Crippen LogP contribution in [0.4, 0.5) is 5.69 Å². The van der Waals surface area contributed by atoms with Gasteiger partial charge in [-0.1, -0.05) is 11.6 Å². The molecule has 0 spiro atoms. The Morgan fingerprint density at radius 3 is 2.81 bits per heavy atom. The summed E-state index contributed by atoms with van der Waals surface area (Å²) in [5.41, 5.74) is 0.660. The molecule has 1 aromatic carbocycles. The summed E-state index contributed by atoms with van der Waals surface area (Å²) in [5, 5.41) is 18.7. The van der Waals surface area contributed by atoms with E-state index in [2.05, 4.69) is 10.3 Å². The summed E-state index contributed by atoms with van der Waals surface area (Å²) in [4.78, 5) is 14.4. The number of aromatic carboxylic acids is 1. The third-order valence-corrected chi connectivity index (χ3v) is 2.00. The molecule has 0 saturated heterocycles. The highest BCUT2D eigenvalue weighted by Crippen LogP contribution is 2.20. The lowest BCUT2D eigenvalue weighted by molar-refractivity contribution is 0.0697. The number of nitrogens with zero attached hydrogens (tertiary/aromatic N) is 1. The molecule has 1 rings (SSSR count). The van der Waals surface area contributed by atoms with E-state index in [1.807, 2.05) is 0 Å². The average Bonchev–Trinajstić information content (AvgIpc) is 2.16. The molecule has 0 heterocycles. The quantitative estimate of drug-likeness (QED) is 0.559. The van der Waals surface area contributed by atoms with E-state index in [0.29, 0.717) is 5.69 Å². The molecule has 6 heteroatoms. The summed E-state index contributed by atoms with van der Waals surface area (Å²) in [6.45, 7) is 1.54. The number of carboxylic acids is 1. The van der Waals surface area contributed by atoms with Crippen LogP contribution in [-0.2, 0) is 0 Å². The second-order valence-corrected chi connectivity index (χ2v) is 3.39. The molecule has 0 aromatic heterocycles. The van der Waals surface area contributed by atoms with E-state index in [4.69, 9.17) is 22.1 Å². The molecule has 0 unspecified atom stereocenters. The predicted molar refractivity (Wildman–Crippen MR) is 63.9 cm³/mol. The SMILES string of the molecule is CC(=N)/N=C\Nc1ccc(C(=O)O)c(Cl)c1. The first-order valence-electron chi connectivity index (χ1n) is 4.38. The molecule has 0 fully saturated rings. The maximum Gasteiger partial charge on any atom is 0.337 e. The number of aliphatic imine (C=N–C) groups is 1. The van der Waals surface area contributed by atoms with Crippen LogP contribution >= 0.6 is 11.6 Å². The van der Waals surface area contributed by atoms with Gasteiger partial charge in [-0.2, -0.15) is 0 Å². The fraction of sp³-hybridized carbons (Fsp3) is 0.100. The number of hydrogen-bond acceptors (Lipinski definition) is 2. The van der Waals surface area contributed by atoms with Gasteiger partial charge in [0.05, 0.1) is 16.9 Å². The Bertz CT molecular complexity index is 457. The summed E-state index contributed by atoms with van der Waals surface area (Å²) >= 11 is 5.76. The van der Waals surface area contributed by atoms with Crippen molar-refractivity contribution in [2.24, 2.45) is 4.99 Å². The lowest BCUT2D eigenvalue weighted by Crippen LogP contribution is -2.00. The molecule has 84 valence electrons. The molecular weight excluding hydrogens is 230 g/mol. The van der Waals surface area contributed by atoms with Gasteiger partial charge in [0.2, 0.25) is 0 Å². The van der Waals surface area contributed by atoms with Crippen molar-refractivity contribution in [3.63, 3.8) is 0 Å². The molecule has 5 nitrogen and oxygen atoms in total. The Labute approximate surface area is 97.3 Å². The van der Waals surface area contributed by atoms with Gasteiger partial charge in [0.15, 0.2) is 0 Å². The maximum atomic E-state index is 10.7. The van der Waals surface area contributed by atoms with E-state index < -0.39 is 5.97 Å². The maximum absolute atomic E-state index is 10.7. The fourth-order valence-corrected chi connectivity index (χ4v) is 1.24. The van der Waals surface area contributed by atoms with Gasteiger partial charge in [-0.3, -0.25) is 5.41 Å². The summed E-state index contributed by atoms with van der Waals surface area (Å²) in [6, 6.07) is 4.45. The van der Waals surface area contributed by atoms with Gasteiger partial charge in [0, 0.05) is 5.69 Å². The zero-order valence-electron chi connectivity index (χ0n) is 8.49. The van der Waals surface area contributed by atoms with E-state index in [1.165, 1.54) is 18.5 Å². The topological polar surface area (TPSA) is 85.5 Å². The molecule has 3 N–H and O–H groups in total. The Hall–Kier alpha value is -1.88. The van der Waals surface area contributed by atoms with Crippen LogP contribution in [0.3, 0.4) is 0 Å². The Morgan fingerprint density at radius 1 is 1.62 bits per heavy atom. The largest absolute Gasteiger partial charge is 0.478 e. The lowest BCUT2D eigenvalue weighted by Gasteiger charge is -2.03. The number of carboxylic acid groups (broad SMARTS) is 1. The minimum Gasteiger partial charge on any atom is -0.478 e. The molecule has 0 aliphatic carbocycles. The summed E-state index contributed by atoms with van der Waals surface area (Å²) < 4.78 is 0. The fourth-order valence-electron chi connectivity index (χ4n) is 0.982. The standard InChI is InChI=1S/C10H10ClN3O2/c1-6(12)13-5-14-7-2-3-8(10(15)16)9(11)4-7/h2-5H,1H3,(H,15,16)(H2,12,13,14). The normalized spacial score (nSPS) is 10.4. The number of nitrogens with one attached hydrogen (secondary N) is 2. The number of anilines is 1. The van der Waals surface area contributed by atoms with Gasteiger partial charge in [-0.15, -0.1) is 0 Å². The summed E-state index contributed by atoms with van der Waals surface area (Å²) in [6.07, 6.45) is 1.34. The highest BCUT2D eigenvalue weighted by molar-refractivity contribution is 6.33. The molecule has 0 amide bonds. The number of benzene rings is 1. The monoisotopic (exact) mass is 239 g/mol. The third-order valence-electron chi connectivity index (χ3n) is 1.69. The van der Waals surface area contributed by atoms with Gasteiger partial charge in [0.25, 0.3) is 0 Å². The van der Waals surface area contributed by atoms with Crippen molar-refractivity contribution in [3.05, 3.63) is 28.8 Å². The van der Waals surface area contributed by atoms with Crippen molar-refractivity contribution >= 4 is 35.4 Å². The van der Waals surface area contributed by atoms with Gasteiger partial charge < -0.3 is 10.4 Å². The highest BCUT2D eigenvalue weighted by atomic mass is 35.5. The number of halogens is 1. The lowest BCUT2D eigenvalue weighted by atomic mass is 10.2. The van der Waals surface area contributed by atoms with Crippen LogP contribution in [0.1, 0.15) is 17.3 Å². The van der Waals surface area contributed by atoms with E-state index in [0.717, 1.165) is 0 Å². The minimum atomic E-state index is -1.07. The third kappa shape index (κ3) is 3.36. The number of carbonyl (C=O) groups is 1. The number of rotatable bonds is 3. The molecule has 16 heavy (non-hydrogen) atoms. The Kier molecular flexibility index (Phi) is 4.02. The van der Waals surface area contributed by atoms with Gasteiger partial charge >= 0.3 is 5.97 Å². The molecule has 0 bridgehead atoms. The summed E-state index contributed by atoms with van der Waals surface area (Å²) in [5.74, 6) is -0.902. The Morgan fingerprint density at radius 2 is 2.31 bits per heavy atom. The van der Waals surface area contributed by atoms with Crippen LogP contribution in [0.5, 0.6) is 0 Å². The van der Waals surface area contributed by atoms with Crippen LogP contribution in [0, 0.1) is 5.41 Å². The predicted octanol–water partition coefficient (Wildman–Crippen LogP) is 2.48. The molecule has 0 saturated carbocycles. The minimum absolute atomic E-state index is 0.0485. The first-order chi connectivity index (χ1) is 7.50. The first kappa shape index (κ1) is 12.2. The second kappa shape index (κ2) is 5.27. The van der Waals surface area contributed by atoms with Crippen molar-refractivity contribution in [1.29, 1.82) is 5.41 Å². The van der Waals surface area contributed by atoms with Crippen molar-refractivity contribution in [2.45, 2.75) is 6.92 Å². The van der Waals surface area contributed by atoms with Gasteiger partial charge in [0.1, 0.15) is 5.84 Å². The zero-order valence-corrected chi connectivity index (χ0v) is 9.25. The van der Waals surface area contributed by atoms with E-state index in [1.54, 1.807) is 13.0 Å². The van der Waals surface area contributed by atoms with E-state index >= 15 is 0 Å². The highest BCUT2D eigenvalue weighted by Gasteiger charge is 2.07. The molecule has 1 aromatic rings. The molecule has 0 aliphatic heterocycles. The van der Waals surface area contributed by atoms with Gasteiger partial charge in [-0.05, 0) is 25.1 Å². The van der Waals surface area contributed by atoms with Crippen molar-refractivity contribution < 1.29 is 9.90 Å². The first-order valence-corrected chi connectivity index (χ1v) is 4.75. The van der Waals surface area contributed by atoms with Crippen LogP contribution < -0.4 is 5.32 Å². The smallest absolute Gasteiger partial charge is 0.337 e. The number of amidine groups is 1. The molecule has 0 radical (unpaired) electrons. The van der Waals surface area contributed by atoms with Crippen LogP contribution in [0.2, 0.25) is 5.02 Å². The summed E-state index contributed by atoms with van der Waals surface area (Å²) in [7, 11) is 0. The average molecular weight is 240 g/mol.